The van der Waals surface area contributed by atoms with Crippen molar-refractivity contribution in [3.63, 3.8) is 0 Å². The van der Waals surface area contributed by atoms with Crippen molar-refractivity contribution in [2.45, 2.75) is 32.1 Å². The lowest BCUT2D eigenvalue weighted by Gasteiger charge is -2.10. The predicted molar refractivity (Wildman–Crippen MR) is 103 cm³/mol. The van der Waals surface area contributed by atoms with Gasteiger partial charge in [0.25, 0.3) is 0 Å². The molecule has 0 fully saturated rings. The monoisotopic (exact) mass is 374 g/mol. The molecular weight excluding hydrogens is 347 g/mol. The Labute approximate surface area is 159 Å². The fraction of sp³-hybridized carbons (Fsp3) is 0.429. The molecule has 5 nitrogen and oxygen atoms in total. The van der Waals surface area contributed by atoms with Crippen LogP contribution in [0.25, 0.3) is 0 Å². The Morgan fingerprint density at radius 3 is 1.93 bits per heavy atom. The van der Waals surface area contributed by atoms with E-state index in [0.717, 1.165) is 37.9 Å². The number of nitrogens with zero attached hydrogens (tertiary/aromatic N) is 2. The van der Waals surface area contributed by atoms with Crippen molar-refractivity contribution >= 4 is 11.4 Å². The molecule has 0 aromatic heterocycles. The Kier molecular flexibility index (Phi) is 9.44. The molecule has 6 heteroatoms. The molecule has 0 saturated heterocycles. The van der Waals surface area contributed by atoms with E-state index >= 15 is 0 Å². The van der Waals surface area contributed by atoms with Gasteiger partial charge in [0.15, 0.2) is 0 Å². The third-order valence-corrected chi connectivity index (χ3v) is 4.24. The molecule has 0 amide bonds. The van der Waals surface area contributed by atoms with Crippen LogP contribution >= 0.6 is 0 Å². The van der Waals surface area contributed by atoms with Crippen LogP contribution < -0.4 is 4.74 Å². The molecule has 0 atom stereocenters. The minimum Gasteiger partial charge on any atom is -0.494 e. The number of ether oxygens (including phenoxy) is 1. The normalized spacial score (nSPS) is 11.4. The molecule has 2 rings (SSSR count). The summed E-state index contributed by atoms with van der Waals surface area (Å²) >= 11 is 0. The molecule has 0 bridgehead atoms. The summed E-state index contributed by atoms with van der Waals surface area (Å²) in [4.78, 5) is 0. The first-order chi connectivity index (χ1) is 13.2. The molecule has 146 valence electrons. The first-order valence-electron chi connectivity index (χ1n) is 9.33. The zero-order valence-corrected chi connectivity index (χ0v) is 15.4. The van der Waals surface area contributed by atoms with Gasteiger partial charge in [0, 0.05) is 19.1 Å². The molecule has 0 saturated carbocycles. The van der Waals surface area contributed by atoms with Crippen LogP contribution in [-0.4, -0.2) is 30.0 Å². The van der Waals surface area contributed by atoms with Crippen LogP contribution in [-0.2, 0) is 0 Å². The van der Waals surface area contributed by atoms with Crippen molar-refractivity contribution in [1.29, 1.82) is 0 Å². The number of halogens is 1. The second-order valence-electron chi connectivity index (χ2n) is 6.45. The first-order valence-corrected chi connectivity index (χ1v) is 9.33. The third-order valence-electron chi connectivity index (χ3n) is 4.24. The van der Waals surface area contributed by atoms with E-state index in [2.05, 4.69) is 10.2 Å². The van der Waals surface area contributed by atoms with E-state index in [1.807, 2.05) is 24.3 Å². The van der Waals surface area contributed by atoms with Crippen molar-refractivity contribution in [2.24, 2.45) is 16.1 Å². The summed E-state index contributed by atoms with van der Waals surface area (Å²) in [7, 11) is 0. The molecule has 2 N–H and O–H groups in total. The Balaban J connectivity index is 1.63. The minimum absolute atomic E-state index is 0.0139. The van der Waals surface area contributed by atoms with Gasteiger partial charge in [-0.2, -0.15) is 10.2 Å². The van der Waals surface area contributed by atoms with Crippen molar-refractivity contribution < 1.29 is 19.3 Å². The SMILES string of the molecule is OCC(CO)CCCCCCOc1ccc(N=Nc2ccc(F)cc2)cc1. The number of unbranched alkanes of at least 4 members (excludes halogenated alkanes) is 3. The molecule has 2 aromatic carbocycles. The second-order valence-corrected chi connectivity index (χ2v) is 6.45. The van der Waals surface area contributed by atoms with E-state index in [0.29, 0.717) is 18.0 Å². The number of benzene rings is 2. The Hall–Kier alpha value is -2.31. The summed E-state index contributed by atoms with van der Waals surface area (Å²) in [5, 5.41) is 26.2. The van der Waals surface area contributed by atoms with Gasteiger partial charge in [-0.1, -0.05) is 19.3 Å². The average Bonchev–Trinajstić information content (AvgIpc) is 2.70. The number of hydrogen-bond acceptors (Lipinski definition) is 5. The van der Waals surface area contributed by atoms with Gasteiger partial charge in [-0.3, -0.25) is 0 Å². The number of rotatable bonds is 12. The van der Waals surface area contributed by atoms with E-state index in [-0.39, 0.29) is 24.9 Å². The van der Waals surface area contributed by atoms with Gasteiger partial charge < -0.3 is 14.9 Å². The van der Waals surface area contributed by atoms with Crippen LogP contribution in [0.1, 0.15) is 32.1 Å². The van der Waals surface area contributed by atoms with Crippen LogP contribution in [0, 0.1) is 11.7 Å². The summed E-state index contributed by atoms with van der Waals surface area (Å²) in [5.41, 5.74) is 1.30. The van der Waals surface area contributed by atoms with E-state index in [9.17, 15) is 4.39 Å². The molecule has 27 heavy (non-hydrogen) atoms. The van der Waals surface area contributed by atoms with Gasteiger partial charge in [0.2, 0.25) is 0 Å². The molecular formula is C21H27FN2O3. The van der Waals surface area contributed by atoms with Crippen molar-refractivity contribution in [3.8, 4) is 5.75 Å². The van der Waals surface area contributed by atoms with E-state index in [1.165, 1.54) is 12.1 Å². The summed E-state index contributed by atoms with van der Waals surface area (Å²) < 4.78 is 18.6. The molecule has 2 aromatic rings. The predicted octanol–water partition coefficient (Wildman–Crippen LogP) is 5.17. The lowest BCUT2D eigenvalue weighted by atomic mass is 10.0. The van der Waals surface area contributed by atoms with Gasteiger partial charge in [-0.05, 0) is 61.4 Å². The van der Waals surface area contributed by atoms with Crippen LogP contribution in [0.5, 0.6) is 5.75 Å². The topological polar surface area (TPSA) is 74.4 Å². The highest BCUT2D eigenvalue weighted by Gasteiger charge is 2.04. The van der Waals surface area contributed by atoms with Gasteiger partial charge in [-0.25, -0.2) is 4.39 Å². The average molecular weight is 374 g/mol. The number of aliphatic hydroxyl groups is 2. The maximum atomic E-state index is 12.8. The molecule has 0 aliphatic carbocycles. The van der Waals surface area contributed by atoms with Crippen molar-refractivity contribution in [3.05, 3.63) is 54.3 Å². The number of aliphatic hydroxyl groups excluding tert-OH is 2. The largest absolute Gasteiger partial charge is 0.494 e. The fourth-order valence-corrected chi connectivity index (χ4v) is 2.55. The highest BCUT2D eigenvalue weighted by atomic mass is 19.1. The highest BCUT2D eigenvalue weighted by Crippen LogP contribution is 2.21. The van der Waals surface area contributed by atoms with Gasteiger partial charge in [0.1, 0.15) is 11.6 Å². The molecule has 0 heterocycles. The standard InChI is InChI=1S/C21H27FN2O3/c22-18-6-8-19(9-7-18)23-24-20-10-12-21(13-11-20)27-14-4-2-1-3-5-17(15-25)16-26/h6-13,17,25-26H,1-5,14-16H2. The number of azo groups is 1. The van der Waals surface area contributed by atoms with Gasteiger partial charge in [-0.15, -0.1) is 0 Å². The van der Waals surface area contributed by atoms with Crippen LogP contribution in [0.4, 0.5) is 15.8 Å². The van der Waals surface area contributed by atoms with Crippen molar-refractivity contribution in [2.75, 3.05) is 19.8 Å². The maximum absolute atomic E-state index is 12.8. The van der Waals surface area contributed by atoms with E-state index in [4.69, 9.17) is 14.9 Å². The molecule has 0 aliphatic rings. The van der Waals surface area contributed by atoms with Crippen LogP contribution in [0.3, 0.4) is 0 Å². The first kappa shape index (κ1) is 21.0. The summed E-state index contributed by atoms with van der Waals surface area (Å²) in [6.45, 7) is 0.762. The molecule has 0 aliphatic heterocycles. The lowest BCUT2D eigenvalue weighted by molar-refractivity contribution is 0.141. The second kappa shape index (κ2) is 12.1. The Morgan fingerprint density at radius 1 is 0.778 bits per heavy atom. The third kappa shape index (κ3) is 8.28. The zero-order chi connectivity index (χ0) is 19.3. The summed E-state index contributed by atoms with van der Waals surface area (Å²) in [6.07, 6.45) is 4.98. The Bertz CT molecular complexity index is 671. The zero-order valence-electron chi connectivity index (χ0n) is 15.4. The lowest BCUT2D eigenvalue weighted by Crippen LogP contribution is -2.10. The quantitative estimate of drug-likeness (QED) is 0.397. The van der Waals surface area contributed by atoms with E-state index < -0.39 is 0 Å². The van der Waals surface area contributed by atoms with Crippen molar-refractivity contribution in [1.82, 2.24) is 0 Å². The minimum atomic E-state index is -0.296. The molecule has 0 radical (unpaired) electrons. The molecule has 0 unspecified atom stereocenters. The van der Waals surface area contributed by atoms with E-state index in [1.54, 1.807) is 12.1 Å². The fourth-order valence-electron chi connectivity index (χ4n) is 2.55. The Morgan fingerprint density at radius 2 is 1.33 bits per heavy atom. The van der Waals surface area contributed by atoms with Gasteiger partial charge >= 0.3 is 0 Å². The summed E-state index contributed by atoms with van der Waals surface area (Å²) in [6, 6.07) is 13.2. The smallest absolute Gasteiger partial charge is 0.123 e. The van der Waals surface area contributed by atoms with Crippen LogP contribution in [0.15, 0.2) is 58.8 Å². The van der Waals surface area contributed by atoms with Crippen LogP contribution in [0.2, 0.25) is 0 Å². The maximum Gasteiger partial charge on any atom is 0.123 e. The van der Waals surface area contributed by atoms with Gasteiger partial charge in [0.05, 0.1) is 18.0 Å². The summed E-state index contributed by atoms with van der Waals surface area (Å²) in [5.74, 6) is 0.506. The molecule has 0 spiro atoms. The number of hydrogen-bond donors (Lipinski definition) is 2. The highest BCUT2D eigenvalue weighted by molar-refractivity contribution is 5.42.